The lowest BCUT2D eigenvalue weighted by Crippen LogP contribution is -2.31. The predicted molar refractivity (Wildman–Crippen MR) is 170 cm³/mol. The number of fused-ring (bicyclic) bond motifs is 2. The van der Waals surface area contributed by atoms with Gasteiger partial charge in [0.15, 0.2) is 16.9 Å². The van der Waals surface area contributed by atoms with Gasteiger partial charge in [-0.15, -0.1) is 0 Å². The molecule has 0 bridgehead atoms. The van der Waals surface area contributed by atoms with Crippen molar-refractivity contribution in [1.29, 1.82) is 0 Å². The molecular weight excluding hydrogens is 578 g/mol. The molecule has 0 saturated heterocycles. The molecule has 0 fully saturated rings. The van der Waals surface area contributed by atoms with Crippen LogP contribution in [0.25, 0.3) is 11.0 Å². The Morgan fingerprint density at radius 1 is 0.886 bits per heavy atom. The summed E-state index contributed by atoms with van der Waals surface area (Å²) in [5, 5.41) is 0.794. The molecule has 0 radical (unpaired) electrons. The molecule has 1 amide bonds. The molecule has 1 aliphatic rings. The van der Waals surface area contributed by atoms with E-state index >= 15 is 0 Å². The lowest BCUT2D eigenvalue weighted by Gasteiger charge is -2.26. The van der Waals surface area contributed by atoms with Crippen molar-refractivity contribution in [2.45, 2.75) is 32.9 Å². The monoisotopic (exact) mass is 609 g/mol. The van der Waals surface area contributed by atoms with Crippen molar-refractivity contribution < 1.29 is 23.4 Å². The molecule has 224 valence electrons. The molecular formula is C36H32ClNO6. The van der Waals surface area contributed by atoms with Crippen molar-refractivity contribution in [2.24, 2.45) is 0 Å². The summed E-state index contributed by atoms with van der Waals surface area (Å²) in [6.45, 7) is 4.87. The number of hydrogen-bond donors (Lipinski definition) is 0. The maximum Gasteiger partial charge on any atom is 0.290 e. The van der Waals surface area contributed by atoms with Crippen LogP contribution in [0.2, 0.25) is 5.02 Å². The minimum atomic E-state index is -0.696. The summed E-state index contributed by atoms with van der Waals surface area (Å²) in [4.78, 5) is 29.7. The zero-order valence-corrected chi connectivity index (χ0v) is 25.5. The first-order valence-electron chi connectivity index (χ1n) is 14.5. The van der Waals surface area contributed by atoms with E-state index in [9.17, 15) is 9.59 Å². The van der Waals surface area contributed by atoms with Gasteiger partial charge in [0, 0.05) is 11.6 Å². The van der Waals surface area contributed by atoms with E-state index in [1.807, 2.05) is 86.6 Å². The number of ether oxygens (including phenoxy) is 3. The van der Waals surface area contributed by atoms with Crippen LogP contribution in [-0.2, 0) is 13.0 Å². The number of amides is 1. The van der Waals surface area contributed by atoms with E-state index in [1.165, 1.54) is 0 Å². The number of carbonyl (C=O) groups is 1. The van der Waals surface area contributed by atoms with Gasteiger partial charge < -0.3 is 23.5 Å². The maximum atomic E-state index is 14.1. The largest absolute Gasteiger partial charge is 0.497 e. The van der Waals surface area contributed by atoms with Crippen LogP contribution in [-0.4, -0.2) is 31.1 Å². The highest BCUT2D eigenvalue weighted by Crippen LogP contribution is 2.41. The zero-order chi connectivity index (χ0) is 30.8. The van der Waals surface area contributed by atoms with Crippen LogP contribution in [0.15, 0.2) is 94.1 Å². The van der Waals surface area contributed by atoms with E-state index in [-0.39, 0.29) is 22.7 Å². The van der Waals surface area contributed by atoms with Gasteiger partial charge in [-0.25, -0.2) is 0 Å². The van der Waals surface area contributed by atoms with E-state index in [4.69, 9.17) is 30.2 Å². The van der Waals surface area contributed by atoms with Gasteiger partial charge in [-0.1, -0.05) is 60.1 Å². The van der Waals surface area contributed by atoms with Crippen molar-refractivity contribution in [3.63, 3.8) is 0 Å². The number of halogens is 1. The number of carbonyl (C=O) groups excluding carboxylic acids is 1. The summed E-state index contributed by atoms with van der Waals surface area (Å²) >= 11 is 6.41. The molecule has 0 N–H and O–H groups in total. The van der Waals surface area contributed by atoms with Gasteiger partial charge in [0.1, 0.15) is 17.9 Å². The zero-order valence-electron chi connectivity index (χ0n) is 24.8. The molecule has 5 aromatic rings. The topological polar surface area (TPSA) is 78.2 Å². The van der Waals surface area contributed by atoms with Crippen LogP contribution in [0.3, 0.4) is 0 Å². The second-order valence-corrected chi connectivity index (χ2v) is 11.1. The van der Waals surface area contributed by atoms with Gasteiger partial charge in [0.25, 0.3) is 5.91 Å². The SMILES string of the molecule is CCOc1cc(C2c3c(oc4cc(C)c(Cl)cc4c3=O)C(=O)N2CCc2ccc(OC)cc2)ccc1OCc1ccccc1. The summed E-state index contributed by atoms with van der Waals surface area (Å²) in [5.74, 6) is 1.56. The van der Waals surface area contributed by atoms with E-state index in [0.29, 0.717) is 59.2 Å². The number of rotatable bonds is 10. The van der Waals surface area contributed by atoms with Crippen LogP contribution in [0.4, 0.5) is 0 Å². The summed E-state index contributed by atoms with van der Waals surface area (Å²) in [5.41, 5.74) is 3.87. The first kappa shape index (κ1) is 29.3. The first-order valence-corrected chi connectivity index (χ1v) is 14.9. The molecule has 0 spiro atoms. The number of hydrogen-bond acceptors (Lipinski definition) is 6. The van der Waals surface area contributed by atoms with Gasteiger partial charge in [0.05, 0.1) is 30.7 Å². The van der Waals surface area contributed by atoms with E-state index in [2.05, 4.69) is 0 Å². The molecule has 1 atom stereocenters. The average Bonchev–Trinajstić information content (AvgIpc) is 3.32. The summed E-state index contributed by atoms with van der Waals surface area (Å²) in [6, 6.07) is 25.8. The molecule has 0 saturated carbocycles. The first-order chi connectivity index (χ1) is 21.4. The molecule has 0 aliphatic carbocycles. The summed E-state index contributed by atoms with van der Waals surface area (Å²) in [6.07, 6.45) is 0.565. The van der Waals surface area contributed by atoms with Gasteiger partial charge in [-0.3, -0.25) is 9.59 Å². The number of methoxy groups -OCH3 is 1. The lowest BCUT2D eigenvalue weighted by atomic mass is 9.97. The molecule has 1 aliphatic heterocycles. The molecule has 44 heavy (non-hydrogen) atoms. The van der Waals surface area contributed by atoms with Crippen molar-refractivity contribution in [3.05, 3.63) is 134 Å². The Labute approximate surface area is 260 Å². The van der Waals surface area contributed by atoms with Crippen LogP contribution >= 0.6 is 11.6 Å². The molecule has 8 heteroatoms. The maximum absolute atomic E-state index is 14.1. The van der Waals surface area contributed by atoms with Gasteiger partial charge in [-0.2, -0.15) is 0 Å². The van der Waals surface area contributed by atoms with E-state index < -0.39 is 6.04 Å². The smallest absolute Gasteiger partial charge is 0.290 e. The fraction of sp³-hybridized carbons (Fsp3) is 0.222. The van der Waals surface area contributed by atoms with Crippen molar-refractivity contribution in [1.82, 2.24) is 4.90 Å². The minimum Gasteiger partial charge on any atom is -0.497 e. The van der Waals surface area contributed by atoms with Crippen LogP contribution in [0, 0.1) is 6.92 Å². The fourth-order valence-corrected chi connectivity index (χ4v) is 5.74. The highest BCUT2D eigenvalue weighted by atomic mass is 35.5. The Morgan fingerprint density at radius 2 is 1.66 bits per heavy atom. The number of nitrogens with zero attached hydrogens (tertiary/aromatic N) is 1. The van der Waals surface area contributed by atoms with E-state index in [1.54, 1.807) is 24.1 Å². The third kappa shape index (κ3) is 5.63. The number of benzene rings is 4. The Kier molecular flexibility index (Phi) is 8.31. The summed E-state index contributed by atoms with van der Waals surface area (Å²) < 4.78 is 23.6. The molecule has 1 unspecified atom stereocenters. The minimum absolute atomic E-state index is 0.0475. The highest BCUT2D eigenvalue weighted by Gasteiger charge is 2.43. The molecule has 7 nitrogen and oxygen atoms in total. The third-order valence-electron chi connectivity index (χ3n) is 7.87. The Balaban J connectivity index is 1.42. The molecule has 2 heterocycles. The Bertz CT molecular complexity index is 1880. The fourth-order valence-electron chi connectivity index (χ4n) is 5.58. The summed E-state index contributed by atoms with van der Waals surface area (Å²) in [7, 11) is 1.62. The number of aryl methyl sites for hydroxylation is 1. The van der Waals surface area contributed by atoms with Gasteiger partial charge in [0.2, 0.25) is 5.76 Å². The van der Waals surface area contributed by atoms with Crippen molar-refractivity contribution in [2.75, 3.05) is 20.3 Å². The average molecular weight is 610 g/mol. The van der Waals surface area contributed by atoms with Gasteiger partial charge in [-0.05, 0) is 78.9 Å². The quantitative estimate of drug-likeness (QED) is 0.163. The second-order valence-electron chi connectivity index (χ2n) is 10.7. The second kappa shape index (κ2) is 12.5. The normalized spacial score (nSPS) is 14.1. The molecule has 1 aromatic heterocycles. The van der Waals surface area contributed by atoms with Crippen molar-refractivity contribution in [3.8, 4) is 17.2 Å². The Morgan fingerprint density at radius 3 is 2.39 bits per heavy atom. The highest BCUT2D eigenvalue weighted by molar-refractivity contribution is 6.32. The van der Waals surface area contributed by atoms with Gasteiger partial charge >= 0.3 is 0 Å². The van der Waals surface area contributed by atoms with Crippen LogP contribution < -0.4 is 19.6 Å². The van der Waals surface area contributed by atoms with E-state index in [0.717, 1.165) is 22.4 Å². The third-order valence-corrected chi connectivity index (χ3v) is 8.28. The van der Waals surface area contributed by atoms with Crippen LogP contribution in [0.1, 0.15) is 51.3 Å². The Hall–Kier alpha value is -4.75. The molecule has 4 aromatic carbocycles. The molecule has 6 rings (SSSR count). The van der Waals surface area contributed by atoms with Crippen molar-refractivity contribution >= 4 is 28.5 Å². The standard InChI is InChI=1S/C36H32ClNO6/c1-4-42-31-19-25(12-15-29(31)43-21-24-8-6-5-7-9-24)33-32-34(39)27-20-28(37)22(2)18-30(27)44-35(32)36(40)38(33)17-16-23-10-13-26(41-3)14-11-23/h5-15,18-20,33H,4,16-17,21H2,1-3H3. The lowest BCUT2D eigenvalue weighted by molar-refractivity contribution is 0.0729. The van der Waals surface area contributed by atoms with Crippen LogP contribution in [0.5, 0.6) is 17.2 Å². The predicted octanol–water partition coefficient (Wildman–Crippen LogP) is 7.53.